The van der Waals surface area contributed by atoms with Gasteiger partial charge in [0.25, 0.3) is 0 Å². The van der Waals surface area contributed by atoms with Crippen LogP contribution in [0.5, 0.6) is 0 Å². The molecule has 66 heavy (non-hydrogen) atoms. The number of pyridine rings is 6. The molecule has 0 spiro atoms. The van der Waals surface area contributed by atoms with E-state index in [4.69, 9.17) is 0 Å². The predicted octanol–water partition coefficient (Wildman–Crippen LogP) is 13.4. The maximum atomic E-state index is 11.2. The third-order valence-electron chi connectivity index (χ3n) is 10.5. The number of hydrogen-bond donors (Lipinski definition) is 1. The first-order valence-corrected chi connectivity index (χ1v) is 21.1. The topological polar surface area (TPSA) is 115 Å². The number of carbonyl (C=O) groups is 1. The fraction of sp³-hybridized carbons (Fsp3) is 0.0351. The first-order chi connectivity index (χ1) is 31.9. The Bertz CT molecular complexity index is 2830. The number of aryl methyl sites for hydroxylation is 2. The van der Waals surface area contributed by atoms with Crippen LogP contribution in [-0.4, -0.2) is 41.0 Å². The Morgan fingerprint density at radius 2 is 0.652 bits per heavy atom. The van der Waals surface area contributed by atoms with Crippen molar-refractivity contribution in [1.82, 2.24) is 29.9 Å². The molecule has 0 aliphatic carbocycles. The molecule has 9 heteroatoms. The van der Waals surface area contributed by atoms with E-state index >= 15 is 0 Å². The minimum atomic E-state index is -0.978. The molecule has 4 aromatic carbocycles. The molecule has 0 saturated heterocycles. The van der Waals surface area contributed by atoms with E-state index in [9.17, 15) is 9.90 Å². The first kappa shape index (κ1) is 45.9. The SMILES string of the molecule is Cc1ccnc(-c2nccc(C)c2C(=O)O)c1.[Ru].c1ccc(-c2ccnc(-c3cc(-c4ccccc4)ccn3)c2)cc1.c1ccc(-c2ccnc(-c3cc(-c4ccccc4)ccn3)c2)cc1. The van der Waals surface area contributed by atoms with E-state index in [1.165, 1.54) is 22.3 Å². The molecule has 8 nitrogen and oxygen atoms in total. The number of nitrogens with zero attached hydrogens (tertiary/aromatic N) is 6. The van der Waals surface area contributed by atoms with Crippen LogP contribution in [0.1, 0.15) is 21.5 Å². The summed E-state index contributed by atoms with van der Waals surface area (Å²) in [5, 5.41) is 9.21. The van der Waals surface area contributed by atoms with Crippen LogP contribution in [0.25, 0.3) is 78.7 Å². The van der Waals surface area contributed by atoms with Crippen molar-refractivity contribution in [3.05, 3.63) is 242 Å². The van der Waals surface area contributed by atoms with Crippen molar-refractivity contribution >= 4 is 5.97 Å². The molecule has 0 fully saturated rings. The van der Waals surface area contributed by atoms with Gasteiger partial charge < -0.3 is 5.11 Å². The largest absolute Gasteiger partial charge is 0.478 e. The van der Waals surface area contributed by atoms with Gasteiger partial charge in [-0.25, -0.2) is 4.79 Å². The molecule has 0 bridgehead atoms. The summed E-state index contributed by atoms with van der Waals surface area (Å²) in [4.78, 5) is 37.6. The van der Waals surface area contributed by atoms with Crippen LogP contribution in [0.2, 0.25) is 0 Å². The summed E-state index contributed by atoms with van der Waals surface area (Å²) in [6.45, 7) is 3.69. The molecule has 10 aromatic rings. The molecule has 10 rings (SSSR count). The van der Waals surface area contributed by atoms with Crippen molar-refractivity contribution < 1.29 is 29.4 Å². The monoisotopic (exact) mass is 946 g/mol. The number of aromatic carboxylic acids is 1. The number of rotatable bonds is 8. The molecular weight excluding hydrogens is 902 g/mol. The molecule has 0 aliphatic heterocycles. The summed E-state index contributed by atoms with van der Waals surface area (Å²) in [5.41, 5.74) is 15.8. The molecule has 0 amide bonds. The summed E-state index contributed by atoms with van der Waals surface area (Å²) in [6, 6.07) is 63.1. The van der Waals surface area contributed by atoms with Crippen molar-refractivity contribution in [3.8, 4) is 78.7 Å². The Kier molecular flexibility index (Phi) is 15.6. The van der Waals surface area contributed by atoms with Gasteiger partial charge in [0.15, 0.2) is 0 Å². The Balaban J connectivity index is 0.000000149. The second-order valence-electron chi connectivity index (χ2n) is 15.1. The van der Waals surface area contributed by atoms with E-state index in [1.54, 1.807) is 25.4 Å². The zero-order chi connectivity index (χ0) is 44.8. The normalized spacial score (nSPS) is 10.3. The predicted molar refractivity (Wildman–Crippen MR) is 261 cm³/mol. The van der Waals surface area contributed by atoms with Crippen molar-refractivity contribution in [3.63, 3.8) is 0 Å². The third-order valence-corrected chi connectivity index (χ3v) is 10.5. The molecule has 0 atom stereocenters. The third kappa shape index (κ3) is 11.7. The Hall–Kier alpha value is -8.13. The van der Waals surface area contributed by atoms with E-state index in [0.29, 0.717) is 17.0 Å². The zero-order valence-corrected chi connectivity index (χ0v) is 38.0. The fourth-order valence-corrected chi connectivity index (χ4v) is 7.21. The second-order valence-corrected chi connectivity index (χ2v) is 15.1. The maximum absolute atomic E-state index is 11.2. The number of carboxylic acids is 1. The van der Waals surface area contributed by atoms with Gasteiger partial charge in [0.1, 0.15) is 5.69 Å². The molecule has 0 unspecified atom stereocenters. The number of benzene rings is 4. The molecule has 0 saturated carbocycles. The molecule has 322 valence electrons. The van der Waals surface area contributed by atoms with Crippen molar-refractivity contribution in [1.29, 1.82) is 0 Å². The first-order valence-electron chi connectivity index (χ1n) is 21.1. The minimum absolute atomic E-state index is 0. The quantitative estimate of drug-likeness (QED) is 0.150. The van der Waals surface area contributed by atoms with Gasteiger partial charge in [-0.3, -0.25) is 29.9 Å². The van der Waals surface area contributed by atoms with Crippen LogP contribution in [0, 0.1) is 13.8 Å². The molecule has 1 N–H and O–H groups in total. The minimum Gasteiger partial charge on any atom is -0.478 e. The molecule has 6 aromatic heterocycles. The van der Waals surface area contributed by atoms with E-state index in [0.717, 1.165) is 50.6 Å². The van der Waals surface area contributed by atoms with Crippen LogP contribution < -0.4 is 0 Å². The standard InChI is InChI=1S/2C22H16N2.C13H12N2O2.Ru/c2*1-3-7-17(8-4-1)19-11-13-23-21(15-19)22-16-20(12-14-24-22)18-9-5-2-6-10-18;1-8-3-5-14-10(7-8)12-11(13(16)17)9(2)4-6-15-12;/h2*1-16H;3-7H,1-2H3,(H,16,17);. The van der Waals surface area contributed by atoms with Crippen LogP contribution in [0.4, 0.5) is 0 Å². The van der Waals surface area contributed by atoms with Crippen molar-refractivity contribution in [2.75, 3.05) is 0 Å². The van der Waals surface area contributed by atoms with Gasteiger partial charge in [-0.2, -0.15) is 0 Å². The Morgan fingerprint density at radius 1 is 0.348 bits per heavy atom. The maximum Gasteiger partial charge on any atom is 0.338 e. The van der Waals surface area contributed by atoms with E-state index in [2.05, 4.69) is 103 Å². The fourth-order valence-electron chi connectivity index (χ4n) is 7.21. The van der Waals surface area contributed by atoms with E-state index in [1.807, 2.05) is 141 Å². The smallest absolute Gasteiger partial charge is 0.338 e. The number of aromatic nitrogens is 6. The number of hydrogen-bond acceptors (Lipinski definition) is 7. The zero-order valence-electron chi connectivity index (χ0n) is 36.3. The van der Waals surface area contributed by atoms with E-state index < -0.39 is 5.97 Å². The van der Waals surface area contributed by atoms with Crippen LogP contribution >= 0.6 is 0 Å². The summed E-state index contributed by atoms with van der Waals surface area (Å²) in [5.74, 6) is -0.978. The summed E-state index contributed by atoms with van der Waals surface area (Å²) < 4.78 is 0. The van der Waals surface area contributed by atoms with Crippen LogP contribution in [0.3, 0.4) is 0 Å². The van der Waals surface area contributed by atoms with Crippen molar-refractivity contribution in [2.45, 2.75) is 13.8 Å². The summed E-state index contributed by atoms with van der Waals surface area (Å²) >= 11 is 0. The average molecular weight is 946 g/mol. The average Bonchev–Trinajstić information content (AvgIpc) is 3.38. The van der Waals surface area contributed by atoms with Gasteiger partial charge in [0.2, 0.25) is 0 Å². The van der Waals surface area contributed by atoms with Crippen molar-refractivity contribution in [2.24, 2.45) is 0 Å². The molecule has 0 radical (unpaired) electrons. The molecule has 0 aliphatic rings. The number of carboxylic acid groups (broad SMARTS) is 1. The van der Waals surface area contributed by atoms with Gasteiger partial charge in [0.05, 0.1) is 34.0 Å². The van der Waals surface area contributed by atoms with Gasteiger partial charge >= 0.3 is 5.97 Å². The van der Waals surface area contributed by atoms with E-state index in [-0.39, 0.29) is 25.0 Å². The molecule has 6 heterocycles. The summed E-state index contributed by atoms with van der Waals surface area (Å²) in [7, 11) is 0. The van der Waals surface area contributed by atoms with Gasteiger partial charge in [-0.15, -0.1) is 0 Å². The second kappa shape index (κ2) is 22.5. The van der Waals surface area contributed by atoms with Crippen LogP contribution in [-0.2, 0) is 19.5 Å². The summed E-state index contributed by atoms with van der Waals surface area (Å²) in [6.07, 6.45) is 10.6. The van der Waals surface area contributed by atoms with Gasteiger partial charge in [-0.05, 0) is 136 Å². The Labute approximate surface area is 397 Å². The van der Waals surface area contributed by atoms with Gasteiger partial charge in [0, 0.05) is 56.7 Å². The Morgan fingerprint density at radius 3 is 0.970 bits per heavy atom. The molecular formula is C57H44N6O2Ru. The van der Waals surface area contributed by atoms with Crippen LogP contribution in [0.15, 0.2) is 225 Å². The van der Waals surface area contributed by atoms with Gasteiger partial charge in [-0.1, -0.05) is 121 Å².